The molecule has 10 bridgehead atoms. The zero-order valence-corrected chi connectivity index (χ0v) is 58.6. The van der Waals surface area contributed by atoms with Crippen LogP contribution in [0.2, 0.25) is 0 Å². The van der Waals surface area contributed by atoms with Crippen LogP contribution in [-0.4, -0.2) is 0 Å². The minimum Gasteiger partial charge on any atom is -0.0649 e. The van der Waals surface area contributed by atoms with Gasteiger partial charge >= 0.3 is 0 Å². The molecule has 0 aromatic carbocycles. The van der Waals surface area contributed by atoms with Gasteiger partial charge in [0.05, 0.1) is 0 Å². The first-order chi connectivity index (χ1) is 39.0. The van der Waals surface area contributed by atoms with Crippen LogP contribution in [0.1, 0.15) is 398 Å². The molecule has 17 aliphatic carbocycles. The Morgan fingerprint density at radius 1 is 0.370 bits per heavy atom. The SMILES string of the molecule is CC(C)(C)C.CC12CC3CC(CC(C3)C1)C2.CC1CCC2(CC1)CCC(C)(C)CC2.CC1CCC2(CCCC2)CC1.CC1CCC2(CCCCC2)CC1.CCC12CC3CC(CC(C3)C1)C2.C[C@@H]1C2CCC(CC2)C1(C)C.[2H]C([2H])([2H])C(C)(C)C. The Morgan fingerprint density at radius 2 is 0.667 bits per heavy atom. The molecule has 17 aliphatic rings. The molecule has 17 saturated carbocycles. The molecule has 0 heteroatoms. The molecule has 0 radical (unpaired) electrons. The van der Waals surface area contributed by atoms with Gasteiger partial charge in [0.15, 0.2) is 0 Å². The fraction of sp³-hybridized carbons (Fsp3) is 1.00. The van der Waals surface area contributed by atoms with Crippen molar-refractivity contribution in [3.8, 4) is 0 Å². The molecule has 0 saturated heterocycles. The van der Waals surface area contributed by atoms with E-state index >= 15 is 0 Å². The smallest absolute Gasteiger partial charge is 0.0236 e. The molecule has 0 aromatic heterocycles. The second-order valence-electron chi connectivity index (χ2n) is 39.0. The molecule has 81 heavy (non-hydrogen) atoms. The fourth-order valence-corrected chi connectivity index (χ4v) is 22.1. The second kappa shape index (κ2) is 28.7. The third-order valence-electron chi connectivity index (χ3n) is 27.2. The average molecular weight is 1130 g/mol. The van der Waals surface area contributed by atoms with Crippen molar-refractivity contribution in [3.05, 3.63) is 0 Å². The summed E-state index contributed by atoms with van der Waals surface area (Å²) < 4.78 is 20.8. The standard InChI is InChI=1S/C14H26.C12H20.C12H22.C11H18.2C11H20.2C5H12/c1-12-4-6-14(7-5-12)10-8-13(2,3)9-11-14;1-2-12-6-9-3-10(7-12)5-11(4-9)8-12;1-11-5-9-12(10-6-11)7-3-2-4-8-12;1-11-5-8-2-9(6-11)4-10(3-8)7-11;1-8-9-4-6-10(7-5-9)11(8,2)3;1-10-4-8-11(9-5-10)6-2-3-7-11;2*1-5(2,3)4/h12H,4-11H2,1-3H3;9-11H,2-8H2,1H3;11H,2-10H2,1H3;8-10H,2-7H2,1H3;8-10H,4-7H2,1-3H3;10H,2-9H2,1H3;2*1-4H3/t;;;;8-,9?,10?;;;/m....1.../s1/i;;;;;;1D3;. The van der Waals surface area contributed by atoms with Crippen LogP contribution in [0.3, 0.4) is 0 Å². The van der Waals surface area contributed by atoms with Gasteiger partial charge in [-0.15, -0.1) is 0 Å². The zero-order chi connectivity index (χ0) is 61.6. The van der Waals surface area contributed by atoms with E-state index in [1.165, 1.54) is 141 Å². The predicted octanol–water partition coefficient (Wildman–Crippen LogP) is 27.1. The highest BCUT2D eigenvalue weighted by Gasteiger charge is 2.51. The topological polar surface area (TPSA) is 0 Å². The summed E-state index contributed by atoms with van der Waals surface area (Å²) in [6.07, 6.45) is 64.7. The molecule has 0 heterocycles. The molecule has 0 aliphatic heterocycles. The van der Waals surface area contributed by atoms with Gasteiger partial charge in [-0.3, -0.25) is 0 Å². The van der Waals surface area contributed by atoms with Crippen molar-refractivity contribution in [1.29, 1.82) is 0 Å². The molecule has 0 aromatic rings. The fourth-order valence-electron chi connectivity index (χ4n) is 22.1. The highest BCUT2D eigenvalue weighted by atomic mass is 14.6. The van der Waals surface area contributed by atoms with E-state index in [1.807, 2.05) is 0 Å². The number of hydrogen-bond donors (Lipinski definition) is 0. The lowest BCUT2D eigenvalue weighted by Gasteiger charge is -2.56. The molecule has 0 unspecified atom stereocenters. The number of hydrogen-bond acceptors (Lipinski definition) is 0. The highest BCUT2D eigenvalue weighted by molar-refractivity contribution is 5.02. The first-order valence-electron chi connectivity index (χ1n) is 39.0. The highest BCUT2D eigenvalue weighted by Crippen LogP contribution is 2.62. The van der Waals surface area contributed by atoms with Crippen molar-refractivity contribution in [2.75, 3.05) is 0 Å². The maximum atomic E-state index is 6.92. The van der Waals surface area contributed by atoms with E-state index < -0.39 is 12.3 Å². The van der Waals surface area contributed by atoms with Crippen LogP contribution in [0, 0.1) is 120 Å². The van der Waals surface area contributed by atoms with Crippen molar-refractivity contribution in [2.24, 2.45) is 120 Å². The monoisotopic (exact) mass is 1130 g/mol. The van der Waals surface area contributed by atoms with Gasteiger partial charge in [-0.1, -0.05) is 202 Å². The summed E-state index contributed by atoms with van der Waals surface area (Å²) in [6, 6.07) is 0. The predicted molar refractivity (Wildman–Crippen MR) is 360 cm³/mol. The number of fused-ring (bicyclic) bond motifs is 3. The second-order valence-corrected chi connectivity index (χ2v) is 39.0. The maximum absolute atomic E-state index is 6.92. The van der Waals surface area contributed by atoms with Crippen molar-refractivity contribution in [1.82, 2.24) is 0 Å². The van der Waals surface area contributed by atoms with E-state index in [0.717, 1.165) is 98.1 Å². The van der Waals surface area contributed by atoms with Crippen LogP contribution in [0.4, 0.5) is 0 Å². The van der Waals surface area contributed by atoms with Crippen LogP contribution in [0.25, 0.3) is 0 Å². The Kier molecular flexibility index (Phi) is 22.6. The van der Waals surface area contributed by atoms with Gasteiger partial charge in [-0.25, -0.2) is 0 Å². The quantitative estimate of drug-likeness (QED) is 0.245. The Labute approximate surface area is 515 Å². The van der Waals surface area contributed by atoms with Gasteiger partial charge in [0.25, 0.3) is 0 Å². The van der Waals surface area contributed by atoms with Crippen LogP contribution < -0.4 is 0 Å². The Bertz CT molecular complexity index is 1780. The number of rotatable bonds is 1. The van der Waals surface area contributed by atoms with Crippen molar-refractivity contribution >= 4 is 0 Å². The van der Waals surface area contributed by atoms with Gasteiger partial charge in [0.1, 0.15) is 0 Å². The summed E-state index contributed by atoms with van der Waals surface area (Å²) in [5.74, 6) is 13.0. The van der Waals surface area contributed by atoms with Gasteiger partial charge in [0, 0.05) is 4.11 Å². The third-order valence-corrected chi connectivity index (χ3v) is 27.2. The van der Waals surface area contributed by atoms with Crippen molar-refractivity contribution < 1.29 is 4.11 Å². The van der Waals surface area contributed by atoms with E-state index in [4.69, 9.17) is 4.11 Å². The zero-order valence-electron chi connectivity index (χ0n) is 61.6. The van der Waals surface area contributed by atoms with E-state index in [-0.39, 0.29) is 0 Å². The van der Waals surface area contributed by atoms with Gasteiger partial charge in [-0.2, -0.15) is 0 Å². The molecule has 1 atom stereocenters. The van der Waals surface area contributed by atoms with Crippen molar-refractivity contribution in [3.63, 3.8) is 0 Å². The largest absolute Gasteiger partial charge is 0.0649 e. The van der Waals surface area contributed by atoms with E-state index in [1.54, 1.807) is 149 Å². The molecular weight excluding hydrogens is 973 g/mol. The minimum atomic E-state index is -1.81. The molecule has 474 valence electrons. The van der Waals surface area contributed by atoms with Crippen LogP contribution >= 0.6 is 0 Å². The Balaban J connectivity index is 0.000000139. The summed E-state index contributed by atoms with van der Waals surface area (Å²) in [4.78, 5) is 0. The first-order valence-corrected chi connectivity index (χ1v) is 37.5. The van der Waals surface area contributed by atoms with Crippen LogP contribution in [-0.2, 0) is 0 Å². The Morgan fingerprint density at radius 3 is 0.926 bits per heavy atom. The lowest BCUT2D eigenvalue weighted by atomic mass is 9.49. The summed E-state index contributed by atoms with van der Waals surface area (Å²) in [7, 11) is 0. The van der Waals surface area contributed by atoms with E-state index in [9.17, 15) is 0 Å². The van der Waals surface area contributed by atoms with E-state index in [0.29, 0.717) is 16.2 Å². The lowest BCUT2D eigenvalue weighted by Crippen LogP contribution is -2.45. The minimum absolute atomic E-state index is 0.500. The van der Waals surface area contributed by atoms with Gasteiger partial charge < -0.3 is 0 Å². The summed E-state index contributed by atoms with van der Waals surface area (Å²) in [5, 5.41) is 0. The third kappa shape index (κ3) is 21.1. The average Bonchev–Trinajstić information content (AvgIpc) is 1.63. The molecule has 3 spiro atoms. The molecule has 17 fully saturated rings. The molecule has 0 N–H and O–H groups in total. The van der Waals surface area contributed by atoms with Crippen molar-refractivity contribution in [2.45, 2.75) is 394 Å². The molecule has 0 amide bonds. The summed E-state index contributed by atoms with van der Waals surface area (Å²) in [5.41, 5.74) is 5.37. The summed E-state index contributed by atoms with van der Waals surface area (Å²) >= 11 is 0. The van der Waals surface area contributed by atoms with Gasteiger partial charge in [-0.05, 0) is 312 Å². The first kappa shape index (κ1) is 64.0. The summed E-state index contributed by atoms with van der Waals surface area (Å²) in [6.45, 7) is 36.6. The van der Waals surface area contributed by atoms with Crippen LogP contribution in [0.5, 0.6) is 0 Å². The van der Waals surface area contributed by atoms with Crippen LogP contribution in [0.15, 0.2) is 0 Å². The molecule has 17 rings (SSSR count). The Hall–Kier alpha value is 0. The molecular formula is C81H150. The lowest BCUT2D eigenvalue weighted by molar-refractivity contribution is -0.0545. The molecule has 0 nitrogen and oxygen atoms in total. The normalized spacial score (nSPS) is 40.2. The van der Waals surface area contributed by atoms with E-state index in [2.05, 4.69) is 96.9 Å². The maximum Gasteiger partial charge on any atom is 0.0236 e. The van der Waals surface area contributed by atoms with Gasteiger partial charge in [0.2, 0.25) is 0 Å².